The second kappa shape index (κ2) is 16.9. The number of ether oxygens (including phenoxy) is 3. The van der Waals surface area contributed by atoms with Gasteiger partial charge < -0.3 is 39.6 Å². The summed E-state index contributed by atoms with van der Waals surface area (Å²) in [6.07, 6.45) is 2.68. The molecule has 0 spiro atoms. The van der Waals surface area contributed by atoms with Gasteiger partial charge in [-0.25, -0.2) is 14.6 Å². The quantitative estimate of drug-likeness (QED) is 0.134. The van der Waals surface area contributed by atoms with Crippen LogP contribution in [0.5, 0.6) is 5.75 Å². The Kier molecular flexibility index (Phi) is 11.2. The van der Waals surface area contributed by atoms with Crippen molar-refractivity contribution in [1.29, 1.82) is 0 Å². The molecule has 0 aliphatic carbocycles. The van der Waals surface area contributed by atoms with Gasteiger partial charge in [0.15, 0.2) is 0 Å². The summed E-state index contributed by atoms with van der Waals surface area (Å²) in [5.74, 6) is 1.57. The maximum Gasteiger partial charge on any atom is 0.407 e. The van der Waals surface area contributed by atoms with Gasteiger partial charge in [-0.05, 0) is 93.5 Å². The van der Waals surface area contributed by atoms with Gasteiger partial charge in [0.2, 0.25) is 5.91 Å². The number of methoxy groups -OCH3 is 2. The Bertz CT molecular complexity index is 2640. The number of hydrogen-bond acceptors (Lipinski definition) is 9. The van der Waals surface area contributed by atoms with Gasteiger partial charge in [-0.15, -0.1) is 0 Å². The molecule has 14 nitrogen and oxygen atoms in total. The number of rotatable bonds is 9. The number of fused-ring (bicyclic) bond motifs is 6. The number of carbonyl (C=O) groups is 4. The number of nitrogens with zero attached hydrogens (tertiary/aromatic N) is 4. The van der Waals surface area contributed by atoms with E-state index in [1.165, 1.54) is 14.2 Å². The topological polar surface area (TPSA) is 168 Å². The highest BCUT2D eigenvalue weighted by Gasteiger charge is 2.42. The van der Waals surface area contributed by atoms with Gasteiger partial charge in [-0.3, -0.25) is 14.6 Å². The summed E-state index contributed by atoms with van der Waals surface area (Å²) in [4.78, 5) is 69.8. The summed E-state index contributed by atoms with van der Waals surface area (Å²) in [5.41, 5.74) is 8.62. The molecular formula is C49H53N7O7. The Labute approximate surface area is 366 Å². The Balaban J connectivity index is 0.939. The third-order valence-corrected chi connectivity index (χ3v) is 13.0. The number of alkyl carbamates (subject to hydrolysis) is 2. The van der Waals surface area contributed by atoms with Gasteiger partial charge in [0, 0.05) is 30.8 Å². The van der Waals surface area contributed by atoms with Gasteiger partial charge in [0.1, 0.15) is 30.3 Å². The maximum absolute atomic E-state index is 14.2. The number of aliphatic imine (C=N–C) groups is 1. The van der Waals surface area contributed by atoms with Crippen LogP contribution in [0.3, 0.4) is 0 Å². The number of aromatic amines is 1. The molecule has 14 heteroatoms. The predicted octanol–water partition coefficient (Wildman–Crippen LogP) is 8.04. The first-order valence-corrected chi connectivity index (χ1v) is 21.7. The van der Waals surface area contributed by atoms with Crippen LogP contribution in [-0.4, -0.2) is 88.9 Å². The number of nitrogens with one attached hydrogen (secondary N) is 3. The molecule has 4 amide bonds. The lowest BCUT2D eigenvalue weighted by Crippen LogP contribution is -2.53. The van der Waals surface area contributed by atoms with Crippen LogP contribution in [-0.2, 0) is 32.1 Å². The molecule has 6 atom stereocenters. The van der Waals surface area contributed by atoms with Crippen molar-refractivity contribution in [3.8, 4) is 28.1 Å². The normalized spacial score (nSPS) is 20.9. The molecule has 4 aliphatic heterocycles. The molecule has 0 bridgehead atoms. The second-order valence-electron chi connectivity index (χ2n) is 17.8. The Morgan fingerprint density at radius 1 is 0.825 bits per heavy atom. The highest BCUT2D eigenvalue weighted by atomic mass is 16.5. The van der Waals surface area contributed by atoms with E-state index in [0.29, 0.717) is 37.5 Å². The first kappa shape index (κ1) is 41.6. The van der Waals surface area contributed by atoms with E-state index in [0.717, 1.165) is 74.3 Å². The summed E-state index contributed by atoms with van der Waals surface area (Å²) in [5, 5.41) is 7.65. The first-order valence-electron chi connectivity index (χ1n) is 21.7. The number of hydrogen-bond donors (Lipinski definition) is 3. The zero-order valence-corrected chi connectivity index (χ0v) is 36.4. The van der Waals surface area contributed by atoms with E-state index in [9.17, 15) is 19.2 Å². The van der Waals surface area contributed by atoms with Crippen molar-refractivity contribution in [2.24, 2.45) is 22.7 Å². The number of likely N-dealkylation sites (tertiary alicyclic amines) is 2. The molecule has 9 rings (SSSR count). The number of carbonyl (C=O) groups excluding carboxylic acids is 4. The van der Waals surface area contributed by atoms with E-state index < -0.39 is 24.3 Å². The Morgan fingerprint density at radius 2 is 1.54 bits per heavy atom. The van der Waals surface area contributed by atoms with Crippen molar-refractivity contribution in [1.82, 2.24) is 30.4 Å². The van der Waals surface area contributed by atoms with Crippen molar-refractivity contribution in [3.63, 3.8) is 0 Å². The summed E-state index contributed by atoms with van der Waals surface area (Å²) in [6.45, 7) is 9.63. The zero-order chi connectivity index (χ0) is 44.1. The first-order chi connectivity index (χ1) is 30.4. The lowest BCUT2D eigenvalue weighted by atomic mass is 9.90. The predicted molar refractivity (Wildman–Crippen MR) is 239 cm³/mol. The summed E-state index contributed by atoms with van der Waals surface area (Å²) < 4.78 is 16.2. The third kappa shape index (κ3) is 7.87. The van der Waals surface area contributed by atoms with E-state index >= 15 is 0 Å². The minimum atomic E-state index is -0.904. The fourth-order valence-corrected chi connectivity index (χ4v) is 9.85. The van der Waals surface area contributed by atoms with Gasteiger partial charge in [0.25, 0.3) is 5.91 Å². The second-order valence-corrected chi connectivity index (χ2v) is 17.8. The molecule has 0 radical (unpaired) electrons. The molecule has 63 heavy (non-hydrogen) atoms. The highest BCUT2D eigenvalue weighted by molar-refractivity contribution is 6.06. The molecule has 0 unspecified atom stereocenters. The highest BCUT2D eigenvalue weighted by Crippen LogP contribution is 2.45. The molecule has 2 saturated heterocycles. The molecule has 5 heterocycles. The molecule has 0 saturated carbocycles. The van der Waals surface area contributed by atoms with E-state index in [4.69, 9.17) is 24.2 Å². The van der Waals surface area contributed by atoms with Crippen LogP contribution in [0.2, 0.25) is 0 Å². The number of imidazole rings is 1. The standard InChI is InChI=1S/C49H53N7O7/c1-26(2)43(53-48(59)61-5)46(57)55-23-27(3)16-40(55)38-20-35-34-21-42-36(19-30(34)13-15-37(35)51-38)33-14-12-31(18-32(33)25-63-42)39-22-50-45(52-39)41-17-28(4)24-56(41)47(58)44(54-49(60)62-6)29-10-8-7-9-11-29/h7-15,18-19,21-22,26-28,40-41,43-44H,16-17,20,23-25H2,1-6H3,(H,50,52)(H,53,59)(H,54,60)/t27-,28-,40-,41-,43-,44+/m0/s1. The lowest BCUT2D eigenvalue weighted by Gasteiger charge is -2.31. The van der Waals surface area contributed by atoms with Crippen LogP contribution in [0.25, 0.3) is 33.2 Å². The van der Waals surface area contributed by atoms with Crippen LogP contribution >= 0.6 is 0 Å². The molecule has 326 valence electrons. The molecule has 2 fully saturated rings. The molecule has 3 N–H and O–H groups in total. The third-order valence-electron chi connectivity index (χ3n) is 13.0. The van der Waals surface area contributed by atoms with Gasteiger partial charge in [0.05, 0.1) is 43.9 Å². The number of aromatic nitrogens is 2. The Morgan fingerprint density at radius 3 is 2.27 bits per heavy atom. The van der Waals surface area contributed by atoms with Gasteiger partial charge in [-0.2, -0.15) is 0 Å². The summed E-state index contributed by atoms with van der Waals surface area (Å²) in [7, 11) is 2.59. The molecule has 4 aliphatic rings. The fraction of sp³-hybridized carbons (Fsp3) is 0.388. The molecule has 5 aromatic rings. The molecular weight excluding hydrogens is 799 g/mol. The van der Waals surface area contributed by atoms with E-state index in [1.54, 1.807) is 0 Å². The minimum Gasteiger partial charge on any atom is -0.488 e. The minimum absolute atomic E-state index is 0.115. The largest absolute Gasteiger partial charge is 0.488 e. The van der Waals surface area contributed by atoms with Crippen LogP contribution in [0.15, 0.2) is 84.0 Å². The van der Waals surface area contributed by atoms with Gasteiger partial charge >= 0.3 is 12.2 Å². The fourth-order valence-electron chi connectivity index (χ4n) is 9.85. The van der Waals surface area contributed by atoms with Crippen LogP contribution in [0.4, 0.5) is 15.3 Å². The van der Waals surface area contributed by atoms with Crippen molar-refractivity contribution in [2.45, 2.75) is 77.7 Å². The SMILES string of the molecule is COC(=O)N[C@H](C(=O)N1C[C@@H](C)C[C@H]1C1=Nc2ccc3cc4c(cc3c2C1)OCc1cc(-c2cnc([C@@H]3C[C@H](C)CN3C(=O)[C@H](NC(=O)OC)c3ccccc3)[nH]2)ccc1-4)C(C)C. The van der Waals surface area contributed by atoms with E-state index in [2.05, 4.69) is 71.9 Å². The number of benzene rings is 4. The number of amides is 4. The smallest absolute Gasteiger partial charge is 0.407 e. The van der Waals surface area contributed by atoms with Crippen LogP contribution < -0.4 is 15.4 Å². The average molecular weight is 852 g/mol. The van der Waals surface area contributed by atoms with Crippen LogP contribution in [0, 0.1) is 17.8 Å². The van der Waals surface area contributed by atoms with Crippen molar-refractivity contribution in [2.75, 3.05) is 27.3 Å². The number of H-pyrrole nitrogens is 1. The maximum atomic E-state index is 14.2. The van der Waals surface area contributed by atoms with Crippen LogP contribution in [0.1, 0.15) is 75.1 Å². The van der Waals surface area contributed by atoms with Gasteiger partial charge in [-0.1, -0.05) is 76.2 Å². The summed E-state index contributed by atoms with van der Waals surface area (Å²) >= 11 is 0. The average Bonchev–Trinajstić information content (AvgIpc) is 4.12. The molecule has 1 aromatic heterocycles. The molecule has 4 aromatic carbocycles. The van der Waals surface area contributed by atoms with Crippen molar-refractivity contribution in [3.05, 3.63) is 102 Å². The monoisotopic (exact) mass is 851 g/mol. The zero-order valence-electron chi connectivity index (χ0n) is 36.4. The van der Waals surface area contributed by atoms with E-state index in [1.807, 2.05) is 60.2 Å². The lowest BCUT2D eigenvalue weighted by molar-refractivity contribution is -0.135. The van der Waals surface area contributed by atoms with Crippen molar-refractivity contribution < 1.29 is 33.4 Å². The summed E-state index contributed by atoms with van der Waals surface area (Å²) in [6, 6.07) is 22.0. The Hall–Kier alpha value is -6.70. The van der Waals surface area contributed by atoms with Crippen molar-refractivity contribution >= 4 is 46.2 Å². The van der Waals surface area contributed by atoms with E-state index in [-0.39, 0.29) is 41.7 Å².